The number of hydrogen-bond acceptors (Lipinski definition) is 3. The number of rotatable bonds is 4. The molecular formula is C14H10BrClN2O3. The Kier molecular flexibility index (Phi) is 4.50. The van der Waals surface area contributed by atoms with Crippen molar-refractivity contribution in [3.8, 4) is 0 Å². The normalized spacial score (nSPS) is 10.2. The molecule has 4 N–H and O–H groups in total. The number of carboxylic acid groups (broad SMARTS) is 1. The van der Waals surface area contributed by atoms with Crippen LogP contribution in [0.4, 0.5) is 11.4 Å². The molecule has 21 heavy (non-hydrogen) atoms. The molecule has 1 amide bonds. The maximum absolute atomic E-state index is 11.4. The summed E-state index contributed by atoms with van der Waals surface area (Å²) in [5, 5.41) is 12.5. The van der Waals surface area contributed by atoms with Gasteiger partial charge in [0.05, 0.1) is 16.8 Å². The summed E-state index contributed by atoms with van der Waals surface area (Å²) in [7, 11) is 0. The lowest BCUT2D eigenvalue weighted by molar-refractivity contribution is 0.0695. The van der Waals surface area contributed by atoms with Crippen LogP contribution in [0, 0.1) is 0 Å². The number of carboxylic acids is 1. The Morgan fingerprint density at radius 2 is 1.86 bits per heavy atom. The molecule has 108 valence electrons. The summed E-state index contributed by atoms with van der Waals surface area (Å²) < 4.78 is 0.460. The minimum Gasteiger partial charge on any atom is -0.478 e. The van der Waals surface area contributed by atoms with Crippen molar-refractivity contribution < 1.29 is 14.7 Å². The third kappa shape index (κ3) is 3.53. The Bertz CT molecular complexity index is 734. The highest BCUT2D eigenvalue weighted by Gasteiger charge is 2.12. The van der Waals surface area contributed by atoms with Gasteiger partial charge in [-0.2, -0.15) is 0 Å². The van der Waals surface area contributed by atoms with Gasteiger partial charge < -0.3 is 16.2 Å². The maximum Gasteiger partial charge on any atom is 0.336 e. The third-order valence-electron chi connectivity index (χ3n) is 2.72. The van der Waals surface area contributed by atoms with E-state index in [1.165, 1.54) is 12.1 Å². The minimum atomic E-state index is -1.06. The fourth-order valence-electron chi connectivity index (χ4n) is 1.76. The van der Waals surface area contributed by atoms with Crippen molar-refractivity contribution in [2.45, 2.75) is 0 Å². The first-order chi connectivity index (χ1) is 9.88. The Morgan fingerprint density at radius 3 is 2.48 bits per heavy atom. The van der Waals surface area contributed by atoms with E-state index in [9.17, 15) is 9.59 Å². The fraction of sp³-hybridized carbons (Fsp3) is 0. The molecule has 0 saturated heterocycles. The highest BCUT2D eigenvalue weighted by Crippen LogP contribution is 2.27. The van der Waals surface area contributed by atoms with Crippen molar-refractivity contribution in [1.29, 1.82) is 0 Å². The van der Waals surface area contributed by atoms with E-state index >= 15 is 0 Å². The largest absolute Gasteiger partial charge is 0.478 e. The lowest BCUT2D eigenvalue weighted by atomic mass is 10.1. The average Bonchev–Trinajstić information content (AvgIpc) is 2.40. The summed E-state index contributed by atoms with van der Waals surface area (Å²) in [5.41, 5.74) is 6.57. The zero-order valence-corrected chi connectivity index (χ0v) is 12.9. The zero-order valence-electron chi connectivity index (χ0n) is 10.6. The number of nitrogens with two attached hydrogens (primary N) is 1. The number of nitrogens with one attached hydrogen (secondary N) is 1. The number of primary amides is 1. The van der Waals surface area contributed by atoms with Gasteiger partial charge in [-0.15, -0.1) is 0 Å². The predicted molar refractivity (Wildman–Crippen MR) is 84.4 cm³/mol. The summed E-state index contributed by atoms with van der Waals surface area (Å²) in [4.78, 5) is 22.5. The van der Waals surface area contributed by atoms with Crippen molar-refractivity contribution in [2.75, 3.05) is 5.32 Å². The van der Waals surface area contributed by atoms with Crippen molar-refractivity contribution >= 4 is 50.8 Å². The number of carbonyl (C=O) groups excluding carboxylic acids is 1. The van der Waals surface area contributed by atoms with Crippen LogP contribution in [0.2, 0.25) is 5.02 Å². The van der Waals surface area contributed by atoms with Crippen LogP contribution in [0.25, 0.3) is 0 Å². The van der Waals surface area contributed by atoms with E-state index in [1.807, 2.05) is 0 Å². The molecule has 0 aliphatic carbocycles. The Hall–Kier alpha value is -2.05. The van der Waals surface area contributed by atoms with Crippen LogP contribution in [0.1, 0.15) is 20.7 Å². The van der Waals surface area contributed by atoms with Gasteiger partial charge in [-0.1, -0.05) is 11.6 Å². The van der Waals surface area contributed by atoms with Gasteiger partial charge in [-0.3, -0.25) is 4.79 Å². The topological polar surface area (TPSA) is 92.4 Å². The molecule has 2 rings (SSSR count). The summed E-state index contributed by atoms with van der Waals surface area (Å²) in [6.07, 6.45) is 0. The van der Waals surface area contributed by atoms with E-state index in [0.717, 1.165) is 0 Å². The van der Waals surface area contributed by atoms with Gasteiger partial charge in [0.15, 0.2) is 0 Å². The molecule has 0 atom stereocenters. The van der Waals surface area contributed by atoms with Crippen LogP contribution < -0.4 is 11.1 Å². The fourth-order valence-corrected chi connectivity index (χ4v) is 2.35. The lowest BCUT2D eigenvalue weighted by Gasteiger charge is -2.11. The number of benzene rings is 2. The van der Waals surface area contributed by atoms with Crippen LogP contribution in [0.15, 0.2) is 40.9 Å². The molecule has 2 aromatic carbocycles. The van der Waals surface area contributed by atoms with Crippen LogP contribution in [0.5, 0.6) is 0 Å². The molecule has 0 radical (unpaired) electrons. The first kappa shape index (κ1) is 15.3. The smallest absolute Gasteiger partial charge is 0.336 e. The van der Waals surface area contributed by atoms with E-state index in [1.54, 1.807) is 24.3 Å². The molecule has 0 unspecified atom stereocenters. The first-order valence-electron chi connectivity index (χ1n) is 5.77. The van der Waals surface area contributed by atoms with Crippen molar-refractivity contribution in [3.05, 3.63) is 57.0 Å². The number of amides is 1. The van der Waals surface area contributed by atoms with E-state index in [4.69, 9.17) is 22.4 Å². The molecular weight excluding hydrogens is 360 g/mol. The molecule has 0 aliphatic heterocycles. The summed E-state index contributed by atoms with van der Waals surface area (Å²) in [6, 6.07) is 9.31. The van der Waals surface area contributed by atoms with Gasteiger partial charge in [0.1, 0.15) is 0 Å². The second-order valence-electron chi connectivity index (χ2n) is 4.18. The van der Waals surface area contributed by atoms with E-state index < -0.39 is 11.9 Å². The van der Waals surface area contributed by atoms with Crippen LogP contribution in [-0.4, -0.2) is 17.0 Å². The van der Waals surface area contributed by atoms with Crippen molar-refractivity contribution in [2.24, 2.45) is 5.73 Å². The van der Waals surface area contributed by atoms with Crippen LogP contribution >= 0.6 is 27.5 Å². The molecule has 0 spiro atoms. The monoisotopic (exact) mass is 368 g/mol. The van der Waals surface area contributed by atoms with Gasteiger partial charge in [0.25, 0.3) is 5.91 Å². The van der Waals surface area contributed by atoms with Gasteiger partial charge in [-0.25, -0.2) is 4.79 Å². The van der Waals surface area contributed by atoms with Crippen LogP contribution in [0.3, 0.4) is 0 Å². The molecule has 0 heterocycles. The van der Waals surface area contributed by atoms with Gasteiger partial charge in [0.2, 0.25) is 0 Å². The number of anilines is 2. The molecule has 5 nitrogen and oxygen atoms in total. The highest BCUT2D eigenvalue weighted by atomic mass is 79.9. The molecule has 0 aliphatic rings. The molecule has 7 heteroatoms. The maximum atomic E-state index is 11.4. The second kappa shape index (κ2) is 6.15. The van der Waals surface area contributed by atoms with Crippen molar-refractivity contribution in [3.63, 3.8) is 0 Å². The molecule has 0 aromatic heterocycles. The summed E-state index contributed by atoms with van der Waals surface area (Å²) in [6.45, 7) is 0. The number of aromatic carboxylic acids is 1. The molecule has 0 fully saturated rings. The highest BCUT2D eigenvalue weighted by molar-refractivity contribution is 9.10. The quantitative estimate of drug-likeness (QED) is 0.767. The predicted octanol–water partition coefficient (Wildman–Crippen LogP) is 3.64. The molecule has 0 bridgehead atoms. The third-order valence-corrected chi connectivity index (χ3v) is 3.65. The number of halogens is 2. The zero-order chi connectivity index (χ0) is 15.6. The lowest BCUT2D eigenvalue weighted by Crippen LogP contribution is -2.13. The second-order valence-corrected chi connectivity index (χ2v) is 5.47. The molecule has 0 saturated carbocycles. The Morgan fingerprint density at radius 1 is 1.14 bits per heavy atom. The average molecular weight is 370 g/mol. The summed E-state index contributed by atoms with van der Waals surface area (Å²) in [5.74, 6) is -1.67. The van der Waals surface area contributed by atoms with Crippen molar-refractivity contribution in [1.82, 2.24) is 0 Å². The van der Waals surface area contributed by atoms with Gasteiger partial charge in [-0.05, 0) is 52.3 Å². The van der Waals surface area contributed by atoms with E-state index in [-0.39, 0.29) is 11.1 Å². The summed E-state index contributed by atoms with van der Waals surface area (Å²) >= 11 is 9.06. The van der Waals surface area contributed by atoms with E-state index in [0.29, 0.717) is 20.9 Å². The number of carbonyl (C=O) groups is 2. The standard InChI is InChI=1S/C14H10BrClN2O3/c15-11-4-2-8(6-10(11)14(20)21)18-12-5-7(16)1-3-9(12)13(17)19/h1-6,18H,(H2,17,19)(H,20,21). The SMILES string of the molecule is NC(=O)c1ccc(Cl)cc1Nc1ccc(Br)c(C(=O)O)c1. The van der Waals surface area contributed by atoms with E-state index in [2.05, 4.69) is 21.2 Å². The minimum absolute atomic E-state index is 0.0997. The van der Waals surface area contributed by atoms with Crippen LogP contribution in [-0.2, 0) is 0 Å². The van der Waals surface area contributed by atoms with Gasteiger partial charge >= 0.3 is 5.97 Å². The Labute approximate surface area is 133 Å². The first-order valence-corrected chi connectivity index (χ1v) is 6.95. The van der Waals surface area contributed by atoms with Gasteiger partial charge in [0, 0.05) is 15.2 Å². The Balaban J connectivity index is 2.43. The number of hydrogen-bond donors (Lipinski definition) is 3. The molecule has 2 aromatic rings.